The third-order valence-electron chi connectivity index (χ3n) is 8.50. The van der Waals surface area contributed by atoms with Crippen molar-refractivity contribution in [1.82, 2.24) is 0 Å². The molecular weight excluding hydrogens is 580 g/mol. The minimum Gasteiger partial charge on any atom is -0.459 e. The number of hydrogen-bond acceptors (Lipinski definition) is 5. The second-order valence-corrected chi connectivity index (χ2v) is 11.7. The Balaban J connectivity index is 1.43. The fraction of sp³-hybridized carbons (Fsp3) is 0.484. The van der Waals surface area contributed by atoms with Gasteiger partial charge >= 0.3 is 12.4 Å². The summed E-state index contributed by atoms with van der Waals surface area (Å²) < 4.78 is 92.9. The number of aliphatic hydroxyl groups is 1. The molecule has 1 aromatic heterocycles. The van der Waals surface area contributed by atoms with Crippen molar-refractivity contribution in [3.8, 4) is 0 Å². The molecule has 5 rings (SSSR count). The molecule has 4 atom stereocenters. The summed E-state index contributed by atoms with van der Waals surface area (Å²) in [5.41, 5.74) is -1.12. The highest BCUT2D eigenvalue weighted by Crippen LogP contribution is 2.52. The number of ether oxygens (including phenoxy) is 1. The number of furan rings is 1. The molecule has 2 fully saturated rings. The largest absolute Gasteiger partial charge is 0.459 e. The molecule has 232 valence electrons. The number of fused-ring (bicyclic) bond motifs is 3. The predicted octanol–water partition coefficient (Wildman–Crippen LogP) is 7.17. The zero-order valence-corrected chi connectivity index (χ0v) is 23.7. The van der Waals surface area contributed by atoms with E-state index in [9.17, 15) is 41.0 Å². The second-order valence-electron chi connectivity index (χ2n) is 11.7. The van der Waals surface area contributed by atoms with Gasteiger partial charge in [0.15, 0.2) is 0 Å². The van der Waals surface area contributed by atoms with E-state index in [4.69, 9.17) is 9.15 Å². The minimum absolute atomic E-state index is 0.0262. The first-order chi connectivity index (χ1) is 20.1. The lowest BCUT2D eigenvalue weighted by atomic mass is 9.67. The topological polar surface area (TPSA) is 80.0 Å². The Morgan fingerprint density at radius 1 is 1.02 bits per heavy atom. The summed E-state index contributed by atoms with van der Waals surface area (Å²) in [5.74, 6) is -2.99. The fourth-order valence-corrected chi connectivity index (χ4v) is 6.51. The first kappa shape index (κ1) is 31.1. The number of rotatable bonds is 7. The monoisotopic (exact) mass is 611 g/mol. The van der Waals surface area contributed by atoms with Gasteiger partial charge in [-0.15, -0.1) is 0 Å². The third-order valence-corrected chi connectivity index (χ3v) is 8.50. The van der Waals surface area contributed by atoms with Crippen molar-refractivity contribution in [3.05, 3.63) is 69.7 Å². The molecule has 2 amide bonds. The Morgan fingerprint density at radius 3 is 2.23 bits per heavy atom. The molecule has 0 bridgehead atoms. The number of aliphatic hydroxyl groups excluding tert-OH is 1. The zero-order valence-electron chi connectivity index (χ0n) is 23.7. The van der Waals surface area contributed by atoms with Crippen LogP contribution in [0.25, 0.3) is 6.08 Å². The summed E-state index contributed by atoms with van der Waals surface area (Å²) in [6.45, 7) is 5.70. The lowest BCUT2D eigenvalue weighted by Crippen LogP contribution is -2.35. The molecule has 2 aliphatic heterocycles. The number of hydrogen-bond donors (Lipinski definition) is 1. The molecule has 0 spiro atoms. The van der Waals surface area contributed by atoms with Gasteiger partial charge in [0.25, 0.3) is 0 Å². The van der Waals surface area contributed by atoms with Crippen molar-refractivity contribution < 1.29 is 50.2 Å². The number of nitrogens with zero attached hydrogens (tertiary/aromatic N) is 1. The lowest BCUT2D eigenvalue weighted by molar-refractivity contribution is -0.143. The highest BCUT2D eigenvalue weighted by Gasteiger charge is 2.58. The molecule has 2 saturated heterocycles. The Hall–Kier alpha value is -3.38. The number of halogens is 6. The van der Waals surface area contributed by atoms with E-state index in [1.165, 1.54) is 0 Å². The Morgan fingerprint density at radius 2 is 1.67 bits per heavy atom. The Labute approximate surface area is 244 Å². The fourth-order valence-electron chi connectivity index (χ4n) is 6.51. The van der Waals surface area contributed by atoms with Gasteiger partial charge in [-0.1, -0.05) is 25.0 Å². The zero-order chi connectivity index (χ0) is 31.4. The normalized spacial score (nSPS) is 24.8. The first-order valence-corrected chi connectivity index (χ1v) is 14.0. The summed E-state index contributed by atoms with van der Waals surface area (Å²) in [6.07, 6.45) is -7.41. The number of anilines is 1. The molecule has 43 heavy (non-hydrogen) atoms. The van der Waals surface area contributed by atoms with Crippen molar-refractivity contribution in [2.75, 3.05) is 11.5 Å². The second kappa shape index (κ2) is 11.3. The predicted molar refractivity (Wildman–Crippen MR) is 143 cm³/mol. The smallest absolute Gasteiger partial charge is 0.416 e. The maximum absolute atomic E-state index is 13.7. The van der Waals surface area contributed by atoms with Crippen LogP contribution >= 0.6 is 0 Å². The minimum atomic E-state index is -5.12. The molecular formula is C31H31F6NO5. The van der Waals surface area contributed by atoms with Crippen LogP contribution in [0.4, 0.5) is 32.0 Å². The highest BCUT2D eigenvalue weighted by atomic mass is 19.4. The SMILES string of the molecule is C/C(=C\c1ccc(CO)o1)CC[C@H]1OC[C@H]2C1=C(C(C)C)C[C@H]1C(=O)N(c3cc(C(F)(F)F)cc(C(F)(F)F)c3)C(=O)[C@H]12. The van der Waals surface area contributed by atoms with Crippen LogP contribution in [-0.2, 0) is 33.3 Å². The Kier molecular flexibility index (Phi) is 8.14. The number of carbonyl (C=O) groups is 2. The standard InChI is InChI=1S/C31H31F6NO5/c1-15(2)22-12-23-27(24-14-42-25(26(22)24)7-4-16(3)8-20-5-6-21(13-39)43-20)29(41)38(28(23)40)19-10-17(30(32,33)34)9-18(11-19)31(35,36)37/h5-6,8-11,15,23-25,27,39H,4,7,12-14H2,1-3H3/b16-8+/t23-,24+,25-,27-/m1/s1. The van der Waals surface area contributed by atoms with Crippen LogP contribution in [-0.4, -0.2) is 29.6 Å². The number of carbonyl (C=O) groups excluding carboxylic acids is 2. The quantitative estimate of drug-likeness (QED) is 0.204. The average Bonchev–Trinajstić information content (AvgIpc) is 3.62. The number of benzene rings is 1. The van der Waals surface area contributed by atoms with E-state index < -0.39 is 58.7 Å². The van der Waals surface area contributed by atoms with Crippen LogP contribution in [0.1, 0.15) is 62.7 Å². The average molecular weight is 612 g/mol. The maximum atomic E-state index is 13.7. The first-order valence-electron chi connectivity index (χ1n) is 14.0. The Bertz CT molecular complexity index is 1450. The van der Waals surface area contributed by atoms with Crippen LogP contribution in [0.5, 0.6) is 0 Å². The summed E-state index contributed by atoms with van der Waals surface area (Å²) in [7, 11) is 0. The van der Waals surface area contributed by atoms with E-state index in [2.05, 4.69) is 0 Å². The van der Waals surface area contributed by atoms with Gasteiger partial charge in [-0.2, -0.15) is 26.3 Å². The van der Waals surface area contributed by atoms with Gasteiger partial charge in [0, 0.05) is 5.92 Å². The van der Waals surface area contributed by atoms with Gasteiger partial charge in [0.05, 0.1) is 41.4 Å². The third kappa shape index (κ3) is 5.91. The molecule has 0 unspecified atom stereocenters. The summed E-state index contributed by atoms with van der Waals surface area (Å²) >= 11 is 0. The molecule has 1 aromatic carbocycles. The van der Waals surface area contributed by atoms with Gasteiger partial charge in [-0.05, 0) is 74.1 Å². The van der Waals surface area contributed by atoms with Crippen molar-refractivity contribution in [2.45, 2.75) is 65.1 Å². The molecule has 1 N–H and O–H groups in total. The molecule has 1 aliphatic carbocycles. The number of allylic oxidation sites excluding steroid dienone is 2. The van der Waals surface area contributed by atoms with Crippen molar-refractivity contribution in [1.29, 1.82) is 0 Å². The maximum Gasteiger partial charge on any atom is 0.416 e. The van der Waals surface area contributed by atoms with E-state index >= 15 is 0 Å². The van der Waals surface area contributed by atoms with E-state index in [0.717, 1.165) is 16.7 Å². The van der Waals surface area contributed by atoms with Crippen molar-refractivity contribution in [2.24, 2.45) is 23.7 Å². The van der Waals surface area contributed by atoms with Crippen LogP contribution in [0.2, 0.25) is 0 Å². The highest BCUT2D eigenvalue weighted by molar-refractivity contribution is 6.22. The van der Waals surface area contributed by atoms with Crippen molar-refractivity contribution in [3.63, 3.8) is 0 Å². The van der Waals surface area contributed by atoms with Crippen LogP contribution in [0, 0.1) is 23.7 Å². The lowest BCUT2D eigenvalue weighted by Gasteiger charge is -2.33. The van der Waals surface area contributed by atoms with Gasteiger partial charge in [-0.3, -0.25) is 9.59 Å². The van der Waals surface area contributed by atoms with Crippen LogP contribution < -0.4 is 4.90 Å². The summed E-state index contributed by atoms with van der Waals surface area (Å²) in [4.78, 5) is 27.8. The van der Waals surface area contributed by atoms with Gasteiger partial charge in [0.1, 0.15) is 18.1 Å². The van der Waals surface area contributed by atoms with E-state index in [1.54, 1.807) is 12.1 Å². The van der Waals surface area contributed by atoms with Gasteiger partial charge < -0.3 is 14.3 Å². The summed E-state index contributed by atoms with van der Waals surface area (Å²) in [6, 6.07) is 4.24. The molecule has 0 radical (unpaired) electrons. The molecule has 2 aromatic rings. The molecule has 0 saturated carbocycles. The molecule has 3 aliphatic rings. The van der Waals surface area contributed by atoms with E-state index in [0.29, 0.717) is 41.4 Å². The number of imide groups is 1. The van der Waals surface area contributed by atoms with Gasteiger partial charge in [0.2, 0.25) is 11.8 Å². The van der Waals surface area contributed by atoms with E-state index in [1.807, 2.05) is 26.8 Å². The molecule has 6 nitrogen and oxygen atoms in total. The molecule has 3 heterocycles. The summed E-state index contributed by atoms with van der Waals surface area (Å²) in [5, 5.41) is 9.21. The number of alkyl halides is 6. The van der Waals surface area contributed by atoms with Crippen LogP contribution in [0.15, 0.2) is 51.5 Å². The van der Waals surface area contributed by atoms with E-state index in [-0.39, 0.29) is 37.7 Å². The number of amides is 2. The van der Waals surface area contributed by atoms with Crippen LogP contribution in [0.3, 0.4) is 0 Å². The van der Waals surface area contributed by atoms with Gasteiger partial charge in [-0.25, -0.2) is 4.90 Å². The van der Waals surface area contributed by atoms with Crippen molar-refractivity contribution >= 4 is 23.6 Å². The molecule has 12 heteroatoms.